The van der Waals surface area contributed by atoms with E-state index in [4.69, 9.17) is 22.3 Å². The zero-order valence-corrected chi connectivity index (χ0v) is 19.5. The molecule has 4 aromatic rings. The first-order valence-electron chi connectivity index (χ1n) is 11.2. The SMILES string of the molecule is C[C@H](Nc1ncnc2cccnc12)c1cc2cc(Cl)ccc2nc1N1CCN(CC(N)=O)CC1. The van der Waals surface area contributed by atoms with Crippen LogP contribution in [0.4, 0.5) is 11.6 Å². The number of rotatable bonds is 6. The smallest absolute Gasteiger partial charge is 0.231 e. The first kappa shape index (κ1) is 22.2. The summed E-state index contributed by atoms with van der Waals surface area (Å²) in [6.45, 7) is 5.33. The van der Waals surface area contributed by atoms with E-state index in [-0.39, 0.29) is 18.5 Å². The van der Waals surface area contributed by atoms with Gasteiger partial charge in [-0.15, -0.1) is 0 Å². The van der Waals surface area contributed by atoms with E-state index in [0.717, 1.165) is 59.5 Å². The van der Waals surface area contributed by atoms with Gasteiger partial charge in [0.2, 0.25) is 5.91 Å². The lowest BCUT2D eigenvalue weighted by Crippen LogP contribution is -2.49. The summed E-state index contributed by atoms with van der Waals surface area (Å²) in [7, 11) is 0. The fraction of sp³-hybridized carbons (Fsp3) is 0.292. The molecule has 1 fully saturated rings. The first-order chi connectivity index (χ1) is 16.5. The van der Waals surface area contributed by atoms with Crippen molar-refractivity contribution in [1.82, 2.24) is 24.8 Å². The number of carbonyl (C=O) groups is 1. The maximum atomic E-state index is 11.3. The molecule has 0 bridgehead atoms. The van der Waals surface area contributed by atoms with Gasteiger partial charge in [-0.05, 0) is 43.3 Å². The zero-order valence-electron chi connectivity index (χ0n) is 18.8. The molecule has 0 spiro atoms. The van der Waals surface area contributed by atoms with Gasteiger partial charge in [-0.3, -0.25) is 14.7 Å². The lowest BCUT2D eigenvalue weighted by molar-refractivity contribution is -0.119. The highest BCUT2D eigenvalue weighted by atomic mass is 35.5. The fourth-order valence-corrected chi connectivity index (χ4v) is 4.53. The van der Waals surface area contributed by atoms with E-state index in [0.29, 0.717) is 10.8 Å². The van der Waals surface area contributed by atoms with Gasteiger partial charge < -0.3 is 16.0 Å². The van der Waals surface area contributed by atoms with E-state index >= 15 is 0 Å². The second-order valence-corrected chi connectivity index (χ2v) is 8.86. The summed E-state index contributed by atoms with van der Waals surface area (Å²) in [6, 6.07) is 11.5. The monoisotopic (exact) mass is 476 g/mol. The molecule has 1 amide bonds. The number of piperazine rings is 1. The Bertz CT molecular complexity index is 1350. The van der Waals surface area contributed by atoms with E-state index < -0.39 is 0 Å². The third kappa shape index (κ3) is 4.57. The molecular weight excluding hydrogens is 452 g/mol. The summed E-state index contributed by atoms with van der Waals surface area (Å²) in [5.41, 5.74) is 8.78. The fourth-order valence-electron chi connectivity index (χ4n) is 4.35. The number of carbonyl (C=O) groups excluding carboxylic acids is 1. The summed E-state index contributed by atoms with van der Waals surface area (Å²) in [6.07, 6.45) is 3.27. The Kier molecular flexibility index (Phi) is 6.12. The number of nitrogens with zero attached hydrogens (tertiary/aromatic N) is 6. The molecule has 9 nitrogen and oxygen atoms in total. The number of pyridine rings is 2. The Balaban J connectivity index is 1.50. The lowest BCUT2D eigenvalue weighted by atomic mass is 10.0. The summed E-state index contributed by atoms with van der Waals surface area (Å²) in [5.74, 6) is 1.26. The van der Waals surface area contributed by atoms with Crippen molar-refractivity contribution >= 4 is 51.1 Å². The van der Waals surface area contributed by atoms with Gasteiger partial charge in [0.15, 0.2) is 5.82 Å². The van der Waals surface area contributed by atoms with Gasteiger partial charge in [0.1, 0.15) is 17.7 Å². The Morgan fingerprint density at radius 1 is 1.12 bits per heavy atom. The molecule has 1 atom stereocenters. The number of nitrogens with one attached hydrogen (secondary N) is 1. The van der Waals surface area contributed by atoms with Crippen molar-refractivity contribution in [3.05, 3.63) is 59.5 Å². The van der Waals surface area contributed by atoms with Crippen LogP contribution >= 0.6 is 11.6 Å². The van der Waals surface area contributed by atoms with Crippen LogP contribution in [0.25, 0.3) is 21.9 Å². The molecule has 1 aromatic carbocycles. The van der Waals surface area contributed by atoms with Crippen LogP contribution in [0.1, 0.15) is 18.5 Å². The van der Waals surface area contributed by atoms with Crippen LogP contribution in [0.5, 0.6) is 0 Å². The summed E-state index contributed by atoms with van der Waals surface area (Å²) in [5, 5.41) is 5.15. The van der Waals surface area contributed by atoms with Crippen molar-refractivity contribution < 1.29 is 4.79 Å². The third-order valence-corrected chi connectivity index (χ3v) is 6.29. The van der Waals surface area contributed by atoms with E-state index in [2.05, 4.69) is 43.1 Å². The molecule has 10 heteroatoms. The van der Waals surface area contributed by atoms with Gasteiger partial charge in [-0.2, -0.15) is 0 Å². The molecule has 0 aliphatic carbocycles. The molecule has 0 unspecified atom stereocenters. The lowest BCUT2D eigenvalue weighted by Gasteiger charge is -2.36. The number of fused-ring (bicyclic) bond motifs is 2. The van der Waals surface area contributed by atoms with Crippen LogP contribution in [0.2, 0.25) is 5.02 Å². The van der Waals surface area contributed by atoms with Crippen LogP contribution in [-0.2, 0) is 4.79 Å². The van der Waals surface area contributed by atoms with E-state index in [9.17, 15) is 4.79 Å². The Morgan fingerprint density at radius 3 is 2.74 bits per heavy atom. The molecular formula is C24H25ClN8O. The van der Waals surface area contributed by atoms with Crippen molar-refractivity contribution in [2.45, 2.75) is 13.0 Å². The number of amides is 1. The van der Waals surface area contributed by atoms with E-state index in [1.54, 1.807) is 6.20 Å². The average molecular weight is 477 g/mol. The van der Waals surface area contributed by atoms with E-state index in [1.165, 1.54) is 6.33 Å². The summed E-state index contributed by atoms with van der Waals surface area (Å²) in [4.78, 5) is 33.9. The maximum absolute atomic E-state index is 11.3. The third-order valence-electron chi connectivity index (χ3n) is 6.05. The van der Waals surface area contributed by atoms with Crippen LogP contribution < -0.4 is 16.0 Å². The number of nitrogens with two attached hydrogens (primary N) is 1. The van der Waals surface area contributed by atoms with Crippen molar-refractivity contribution in [3.8, 4) is 0 Å². The van der Waals surface area contributed by atoms with Crippen molar-refractivity contribution in [2.24, 2.45) is 5.73 Å². The average Bonchev–Trinajstić information content (AvgIpc) is 2.83. The van der Waals surface area contributed by atoms with Crippen LogP contribution in [0.3, 0.4) is 0 Å². The van der Waals surface area contributed by atoms with Crippen LogP contribution in [0, 0.1) is 0 Å². The molecule has 1 saturated heterocycles. The van der Waals surface area contributed by atoms with Gasteiger partial charge in [0, 0.05) is 48.3 Å². The number of hydrogen-bond donors (Lipinski definition) is 2. The number of hydrogen-bond acceptors (Lipinski definition) is 8. The van der Waals surface area contributed by atoms with Crippen molar-refractivity contribution in [2.75, 3.05) is 42.9 Å². The van der Waals surface area contributed by atoms with E-state index in [1.807, 2.05) is 30.3 Å². The van der Waals surface area contributed by atoms with Gasteiger partial charge >= 0.3 is 0 Å². The number of halogens is 1. The predicted octanol–water partition coefficient (Wildman–Crippen LogP) is 3.01. The zero-order chi connectivity index (χ0) is 23.7. The van der Waals surface area contributed by atoms with Gasteiger partial charge in [-0.25, -0.2) is 15.0 Å². The highest BCUT2D eigenvalue weighted by molar-refractivity contribution is 6.31. The highest BCUT2D eigenvalue weighted by Crippen LogP contribution is 2.32. The molecule has 174 valence electrons. The summed E-state index contributed by atoms with van der Waals surface area (Å²) < 4.78 is 0. The van der Waals surface area contributed by atoms with Crippen LogP contribution in [0.15, 0.2) is 48.9 Å². The van der Waals surface area contributed by atoms with Gasteiger partial charge in [-0.1, -0.05) is 11.6 Å². The highest BCUT2D eigenvalue weighted by Gasteiger charge is 2.24. The van der Waals surface area contributed by atoms with Crippen molar-refractivity contribution in [1.29, 1.82) is 0 Å². The molecule has 3 aromatic heterocycles. The van der Waals surface area contributed by atoms with Crippen molar-refractivity contribution in [3.63, 3.8) is 0 Å². The Labute approximate surface area is 202 Å². The molecule has 0 radical (unpaired) electrons. The number of primary amides is 1. The molecule has 0 saturated carbocycles. The molecule has 34 heavy (non-hydrogen) atoms. The standard InChI is InChI=1S/C24H25ClN8O/c1-15(30-23-22-20(28-14-29-23)3-2-6-27-22)18-12-16-11-17(25)4-5-19(16)31-24(18)33-9-7-32(8-10-33)13-21(26)34/h2-6,11-12,14-15H,7-10,13H2,1H3,(H2,26,34)(H,28,29,30)/t15-/m0/s1. The first-order valence-corrected chi connectivity index (χ1v) is 11.5. The number of aromatic nitrogens is 4. The second-order valence-electron chi connectivity index (χ2n) is 8.43. The molecule has 5 rings (SSSR count). The topological polar surface area (TPSA) is 113 Å². The number of benzene rings is 1. The van der Waals surface area contributed by atoms with Gasteiger partial charge in [0.25, 0.3) is 0 Å². The second kappa shape index (κ2) is 9.36. The molecule has 1 aliphatic rings. The molecule has 4 heterocycles. The summed E-state index contributed by atoms with van der Waals surface area (Å²) >= 11 is 6.27. The van der Waals surface area contributed by atoms with Crippen LogP contribution in [-0.4, -0.2) is 63.5 Å². The Hall–Kier alpha value is -3.56. The maximum Gasteiger partial charge on any atom is 0.231 e. The minimum Gasteiger partial charge on any atom is -0.369 e. The molecule has 3 N–H and O–H groups in total. The molecule has 1 aliphatic heterocycles. The number of anilines is 2. The quantitative estimate of drug-likeness (QED) is 0.436. The minimum atomic E-state index is -0.307. The predicted molar refractivity (Wildman–Crippen MR) is 134 cm³/mol. The van der Waals surface area contributed by atoms with Gasteiger partial charge in [0.05, 0.1) is 23.6 Å². The largest absolute Gasteiger partial charge is 0.369 e. The minimum absolute atomic E-state index is 0.116. The Morgan fingerprint density at radius 2 is 1.94 bits per heavy atom. The normalized spacial score (nSPS) is 15.5.